The Kier molecular flexibility index (Phi) is 4.52. The summed E-state index contributed by atoms with van der Waals surface area (Å²) < 4.78 is 40.2. The molecule has 0 fully saturated rings. The zero-order chi connectivity index (χ0) is 13.8. The molecule has 0 aliphatic rings. The van der Waals surface area contributed by atoms with Crippen molar-refractivity contribution >= 4 is 5.91 Å². The van der Waals surface area contributed by atoms with Crippen molar-refractivity contribution in [1.29, 1.82) is 0 Å². The Hall–Kier alpha value is -1.79. The van der Waals surface area contributed by atoms with Crippen LogP contribution in [0.5, 0.6) is 5.75 Å². The van der Waals surface area contributed by atoms with Gasteiger partial charge in [0.05, 0.1) is 17.9 Å². The summed E-state index contributed by atoms with van der Waals surface area (Å²) in [4.78, 5) is 14.7. The maximum Gasteiger partial charge on any atom is 0.422 e. The number of hydrogen-bond acceptors (Lipinski definition) is 3. The highest BCUT2D eigenvalue weighted by molar-refractivity contribution is 5.73. The number of carbonyl (C=O) groups is 1. The number of hydrogen-bond donors (Lipinski definition) is 1. The number of amides is 1. The molecule has 0 aliphatic carbocycles. The van der Waals surface area contributed by atoms with E-state index < -0.39 is 12.8 Å². The van der Waals surface area contributed by atoms with E-state index in [1.54, 1.807) is 6.92 Å². The Balaban J connectivity index is 2.60. The van der Waals surface area contributed by atoms with E-state index in [-0.39, 0.29) is 17.7 Å². The second kappa shape index (κ2) is 5.70. The first-order valence-corrected chi connectivity index (χ1v) is 5.20. The predicted molar refractivity (Wildman–Crippen MR) is 58.0 cm³/mol. The van der Waals surface area contributed by atoms with Crippen LogP contribution in [0.25, 0.3) is 0 Å². The van der Waals surface area contributed by atoms with E-state index in [0.29, 0.717) is 5.69 Å². The molecule has 1 unspecified atom stereocenters. The Labute approximate surface area is 102 Å². The number of aromatic nitrogens is 1. The van der Waals surface area contributed by atoms with Crippen LogP contribution in [0.1, 0.15) is 25.6 Å². The Morgan fingerprint density at radius 1 is 1.50 bits per heavy atom. The molecule has 100 valence electrons. The van der Waals surface area contributed by atoms with Crippen LogP contribution in [0.15, 0.2) is 18.3 Å². The van der Waals surface area contributed by atoms with Gasteiger partial charge < -0.3 is 10.1 Å². The SMILES string of the molecule is CC(=O)NC(C)c1ccc(OCC(F)(F)F)cn1. The van der Waals surface area contributed by atoms with Crippen LogP contribution in [0.3, 0.4) is 0 Å². The molecule has 1 aromatic heterocycles. The first kappa shape index (κ1) is 14.3. The zero-order valence-electron chi connectivity index (χ0n) is 9.91. The number of rotatable bonds is 4. The molecule has 7 heteroatoms. The fourth-order valence-corrected chi connectivity index (χ4v) is 1.28. The van der Waals surface area contributed by atoms with Crippen molar-refractivity contribution in [2.24, 2.45) is 0 Å². The molecule has 0 radical (unpaired) electrons. The maximum absolute atomic E-state index is 11.9. The van der Waals surface area contributed by atoms with Crippen molar-refractivity contribution in [2.75, 3.05) is 6.61 Å². The molecule has 1 aromatic rings. The minimum absolute atomic E-state index is 0.0334. The lowest BCUT2D eigenvalue weighted by atomic mass is 10.2. The standard InChI is InChI=1S/C11H13F3N2O2/c1-7(16-8(2)17)10-4-3-9(5-15-10)18-6-11(12,13)14/h3-5,7H,6H2,1-2H3,(H,16,17). The van der Waals surface area contributed by atoms with Gasteiger partial charge in [-0.3, -0.25) is 9.78 Å². The minimum atomic E-state index is -4.37. The highest BCUT2D eigenvalue weighted by Gasteiger charge is 2.28. The lowest BCUT2D eigenvalue weighted by Gasteiger charge is -2.13. The topological polar surface area (TPSA) is 51.2 Å². The summed E-state index contributed by atoms with van der Waals surface area (Å²) in [7, 11) is 0. The third-order valence-electron chi connectivity index (χ3n) is 2.03. The lowest BCUT2D eigenvalue weighted by Crippen LogP contribution is -2.24. The van der Waals surface area contributed by atoms with Gasteiger partial charge >= 0.3 is 6.18 Å². The number of carbonyl (C=O) groups excluding carboxylic acids is 1. The monoisotopic (exact) mass is 262 g/mol. The molecule has 1 N–H and O–H groups in total. The fraction of sp³-hybridized carbons (Fsp3) is 0.455. The van der Waals surface area contributed by atoms with Crippen LogP contribution in [-0.4, -0.2) is 23.7 Å². The van der Waals surface area contributed by atoms with Crippen LogP contribution in [0, 0.1) is 0 Å². The maximum atomic E-state index is 11.9. The van der Waals surface area contributed by atoms with Crippen molar-refractivity contribution in [1.82, 2.24) is 10.3 Å². The number of alkyl halides is 3. The summed E-state index contributed by atoms with van der Waals surface area (Å²) in [5, 5.41) is 2.61. The van der Waals surface area contributed by atoms with Gasteiger partial charge in [0.1, 0.15) is 5.75 Å². The fourth-order valence-electron chi connectivity index (χ4n) is 1.28. The number of nitrogens with zero attached hydrogens (tertiary/aromatic N) is 1. The van der Waals surface area contributed by atoms with Gasteiger partial charge in [0.2, 0.25) is 5.91 Å². The quantitative estimate of drug-likeness (QED) is 0.905. The van der Waals surface area contributed by atoms with E-state index >= 15 is 0 Å². The molecule has 0 saturated carbocycles. The van der Waals surface area contributed by atoms with E-state index in [2.05, 4.69) is 15.0 Å². The molecule has 0 saturated heterocycles. The summed E-state index contributed by atoms with van der Waals surface area (Å²) in [5.74, 6) is -0.173. The van der Waals surface area contributed by atoms with Crippen LogP contribution >= 0.6 is 0 Å². The van der Waals surface area contributed by atoms with Gasteiger partial charge in [-0.15, -0.1) is 0 Å². The first-order valence-electron chi connectivity index (χ1n) is 5.20. The van der Waals surface area contributed by atoms with Crippen molar-refractivity contribution in [3.05, 3.63) is 24.0 Å². The predicted octanol–water partition coefficient (Wildman–Crippen LogP) is 2.22. The normalized spacial score (nSPS) is 12.9. The molecule has 1 rings (SSSR count). The third-order valence-corrected chi connectivity index (χ3v) is 2.03. The highest BCUT2D eigenvalue weighted by atomic mass is 19.4. The number of ether oxygens (including phenoxy) is 1. The van der Waals surface area contributed by atoms with Crippen LogP contribution in [0.4, 0.5) is 13.2 Å². The van der Waals surface area contributed by atoms with Crippen molar-refractivity contribution in [3.63, 3.8) is 0 Å². The van der Waals surface area contributed by atoms with Gasteiger partial charge in [-0.1, -0.05) is 0 Å². The van der Waals surface area contributed by atoms with Crippen molar-refractivity contribution in [2.45, 2.75) is 26.1 Å². The molecule has 4 nitrogen and oxygen atoms in total. The van der Waals surface area contributed by atoms with E-state index in [4.69, 9.17) is 0 Å². The van der Waals surface area contributed by atoms with Crippen LogP contribution in [0.2, 0.25) is 0 Å². The molecule has 1 heterocycles. The summed E-state index contributed by atoms with van der Waals surface area (Å²) in [6.07, 6.45) is -3.18. The lowest BCUT2D eigenvalue weighted by molar-refractivity contribution is -0.153. The van der Waals surface area contributed by atoms with E-state index in [1.807, 2.05) is 0 Å². The summed E-state index contributed by atoms with van der Waals surface area (Å²) >= 11 is 0. The first-order chi connectivity index (χ1) is 8.28. The van der Waals surface area contributed by atoms with Crippen molar-refractivity contribution < 1.29 is 22.7 Å². The van der Waals surface area contributed by atoms with Crippen molar-refractivity contribution in [3.8, 4) is 5.75 Å². The molecule has 0 spiro atoms. The smallest absolute Gasteiger partial charge is 0.422 e. The molecule has 0 bridgehead atoms. The van der Waals surface area contributed by atoms with E-state index in [1.165, 1.54) is 25.3 Å². The minimum Gasteiger partial charge on any atom is -0.483 e. The van der Waals surface area contributed by atoms with Gasteiger partial charge in [0.25, 0.3) is 0 Å². The zero-order valence-corrected chi connectivity index (χ0v) is 9.91. The van der Waals surface area contributed by atoms with Gasteiger partial charge in [0.15, 0.2) is 6.61 Å². The summed E-state index contributed by atoms with van der Waals surface area (Å²) in [5.41, 5.74) is 0.546. The number of nitrogens with one attached hydrogen (secondary N) is 1. The second-order valence-electron chi connectivity index (χ2n) is 3.74. The Bertz CT molecular complexity index is 404. The molecular formula is C11H13F3N2O2. The average Bonchev–Trinajstić information content (AvgIpc) is 2.25. The molecule has 18 heavy (non-hydrogen) atoms. The highest BCUT2D eigenvalue weighted by Crippen LogP contribution is 2.19. The molecule has 0 aromatic carbocycles. The third kappa shape index (κ3) is 5.03. The summed E-state index contributed by atoms with van der Waals surface area (Å²) in [6.45, 7) is 1.74. The van der Waals surface area contributed by atoms with Crippen LogP contribution < -0.4 is 10.1 Å². The van der Waals surface area contributed by atoms with E-state index in [0.717, 1.165) is 0 Å². The Morgan fingerprint density at radius 3 is 2.61 bits per heavy atom. The molecule has 0 aliphatic heterocycles. The summed E-state index contributed by atoms with van der Waals surface area (Å²) in [6, 6.07) is 2.58. The second-order valence-corrected chi connectivity index (χ2v) is 3.74. The number of halogens is 3. The van der Waals surface area contributed by atoms with Gasteiger partial charge in [-0.05, 0) is 19.1 Å². The van der Waals surface area contributed by atoms with Crippen LogP contribution in [-0.2, 0) is 4.79 Å². The van der Waals surface area contributed by atoms with Gasteiger partial charge in [-0.2, -0.15) is 13.2 Å². The van der Waals surface area contributed by atoms with Gasteiger partial charge in [-0.25, -0.2) is 0 Å². The largest absolute Gasteiger partial charge is 0.483 e. The Morgan fingerprint density at radius 2 is 2.17 bits per heavy atom. The molecular weight excluding hydrogens is 249 g/mol. The average molecular weight is 262 g/mol. The van der Waals surface area contributed by atoms with Gasteiger partial charge in [0, 0.05) is 6.92 Å². The van der Waals surface area contributed by atoms with E-state index in [9.17, 15) is 18.0 Å². The molecule has 1 amide bonds. The number of pyridine rings is 1. The molecule has 1 atom stereocenters.